The molecule has 4 aromatic rings. The number of aryl methyl sites for hydroxylation is 1. The summed E-state index contributed by atoms with van der Waals surface area (Å²) >= 11 is 0. The normalized spacial score (nSPS) is 14.4. The Morgan fingerprint density at radius 3 is 2.64 bits per heavy atom. The fourth-order valence-corrected chi connectivity index (χ4v) is 3.62. The predicted molar refractivity (Wildman–Crippen MR) is 104 cm³/mol. The Kier molecular flexibility index (Phi) is 4.04. The number of hydrogen-bond donors (Lipinski definition) is 1. The Hall–Kier alpha value is -2.62. The molecule has 128 valence electrons. The largest absolute Gasteiger partial charge is 0.346 e. The third-order valence-corrected chi connectivity index (χ3v) is 5.13. The SMILES string of the molecule is CC.Cn1cc(-c2ccc3cnc4[nH]cc(C5CCC5)c4c3c2)cn1. The van der Waals surface area contributed by atoms with E-state index in [1.54, 1.807) is 0 Å². The first-order valence-electron chi connectivity index (χ1n) is 9.18. The van der Waals surface area contributed by atoms with E-state index in [-0.39, 0.29) is 0 Å². The molecule has 0 spiro atoms. The number of hydrogen-bond acceptors (Lipinski definition) is 2. The van der Waals surface area contributed by atoms with Crippen molar-refractivity contribution >= 4 is 21.8 Å². The van der Waals surface area contributed by atoms with Gasteiger partial charge in [0.1, 0.15) is 5.65 Å². The Bertz CT molecular complexity index is 1020. The molecule has 3 aromatic heterocycles. The van der Waals surface area contributed by atoms with Crippen molar-refractivity contribution in [2.75, 3.05) is 0 Å². The van der Waals surface area contributed by atoms with Gasteiger partial charge in [-0.2, -0.15) is 5.10 Å². The van der Waals surface area contributed by atoms with E-state index in [4.69, 9.17) is 0 Å². The second kappa shape index (κ2) is 6.36. The van der Waals surface area contributed by atoms with Crippen LogP contribution in [-0.2, 0) is 7.05 Å². The molecule has 3 heterocycles. The van der Waals surface area contributed by atoms with Crippen molar-refractivity contribution in [2.45, 2.75) is 39.0 Å². The number of pyridine rings is 1. The van der Waals surface area contributed by atoms with Gasteiger partial charge in [-0.25, -0.2) is 4.98 Å². The quantitative estimate of drug-likeness (QED) is 0.533. The van der Waals surface area contributed by atoms with Crippen LogP contribution in [0.4, 0.5) is 0 Å². The molecule has 0 aliphatic heterocycles. The number of nitrogens with one attached hydrogen (secondary N) is 1. The monoisotopic (exact) mass is 332 g/mol. The molecule has 1 aliphatic carbocycles. The van der Waals surface area contributed by atoms with Gasteiger partial charge in [0, 0.05) is 42.0 Å². The van der Waals surface area contributed by atoms with Crippen molar-refractivity contribution in [2.24, 2.45) is 7.05 Å². The number of fused-ring (bicyclic) bond motifs is 3. The van der Waals surface area contributed by atoms with Crippen molar-refractivity contribution in [3.63, 3.8) is 0 Å². The van der Waals surface area contributed by atoms with Crippen LogP contribution >= 0.6 is 0 Å². The molecule has 0 bridgehead atoms. The van der Waals surface area contributed by atoms with Gasteiger partial charge < -0.3 is 4.98 Å². The van der Waals surface area contributed by atoms with E-state index < -0.39 is 0 Å². The highest BCUT2D eigenvalue weighted by atomic mass is 15.2. The van der Waals surface area contributed by atoms with Crippen molar-refractivity contribution in [1.82, 2.24) is 19.7 Å². The molecular weight excluding hydrogens is 308 g/mol. The molecule has 4 nitrogen and oxygen atoms in total. The molecule has 1 N–H and O–H groups in total. The van der Waals surface area contributed by atoms with Crippen LogP contribution in [0.1, 0.15) is 44.6 Å². The second-order valence-corrected chi connectivity index (χ2v) is 6.56. The van der Waals surface area contributed by atoms with Gasteiger partial charge in [-0.3, -0.25) is 4.68 Å². The molecule has 1 saturated carbocycles. The zero-order chi connectivity index (χ0) is 17.4. The number of aromatic amines is 1. The van der Waals surface area contributed by atoms with Crippen LogP contribution in [-0.4, -0.2) is 19.7 Å². The van der Waals surface area contributed by atoms with E-state index in [1.807, 2.05) is 38.0 Å². The van der Waals surface area contributed by atoms with E-state index in [0.717, 1.165) is 11.2 Å². The van der Waals surface area contributed by atoms with Gasteiger partial charge in [0.25, 0.3) is 0 Å². The lowest BCUT2D eigenvalue weighted by Crippen LogP contribution is -2.07. The molecule has 25 heavy (non-hydrogen) atoms. The van der Waals surface area contributed by atoms with Gasteiger partial charge in [-0.15, -0.1) is 0 Å². The van der Waals surface area contributed by atoms with E-state index >= 15 is 0 Å². The molecule has 0 unspecified atom stereocenters. The van der Waals surface area contributed by atoms with Crippen molar-refractivity contribution in [1.29, 1.82) is 0 Å². The molecule has 0 atom stereocenters. The summed E-state index contributed by atoms with van der Waals surface area (Å²) in [6.07, 6.45) is 12.0. The minimum absolute atomic E-state index is 0.693. The van der Waals surface area contributed by atoms with Gasteiger partial charge in [-0.05, 0) is 41.3 Å². The maximum Gasteiger partial charge on any atom is 0.138 e. The van der Waals surface area contributed by atoms with E-state index in [9.17, 15) is 0 Å². The summed E-state index contributed by atoms with van der Waals surface area (Å²) in [6.45, 7) is 4.00. The first kappa shape index (κ1) is 15.9. The summed E-state index contributed by atoms with van der Waals surface area (Å²) < 4.78 is 1.84. The van der Waals surface area contributed by atoms with E-state index in [2.05, 4.69) is 45.7 Å². The van der Waals surface area contributed by atoms with Crippen LogP contribution < -0.4 is 0 Å². The minimum Gasteiger partial charge on any atom is -0.346 e. The predicted octanol–water partition coefficient (Wildman–Crippen LogP) is 5.41. The number of rotatable bonds is 2. The number of benzene rings is 1. The molecule has 0 radical (unpaired) electrons. The van der Waals surface area contributed by atoms with Gasteiger partial charge >= 0.3 is 0 Å². The second-order valence-electron chi connectivity index (χ2n) is 6.56. The average molecular weight is 332 g/mol. The van der Waals surface area contributed by atoms with E-state index in [0.29, 0.717) is 5.92 Å². The molecule has 1 fully saturated rings. The van der Waals surface area contributed by atoms with Crippen LogP contribution in [0.15, 0.2) is 43.0 Å². The summed E-state index contributed by atoms with van der Waals surface area (Å²) in [5, 5.41) is 8.09. The minimum atomic E-state index is 0.693. The molecule has 5 rings (SSSR count). The Labute approximate surface area is 147 Å². The molecule has 1 aliphatic rings. The van der Waals surface area contributed by atoms with Crippen molar-refractivity contribution in [3.05, 3.63) is 48.5 Å². The first-order valence-corrected chi connectivity index (χ1v) is 9.18. The van der Waals surface area contributed by atoms with Gasteiger partial charge in [0.05, 0.1) is 6.20 Å². The summed E-state index contributed by atoms with van der Waals surface area (Å²) in [4.78, 5) is 7.97. The lowest BCUT2D eigenvalue weighted by molar-refractivity contribution is 0.422. The zero-order valence-corrected chi connectivity index (χ0v) is 15.1. The first-order chi connectivity index (χ1) is 12.3. The fraction of sp³-hybridized carbons (Fsp3) is 0.333. The standard InChI is InChI=1S/C19H18N4.C2H6/c1-23-11-15(9-22-23)13-5-6-14-8-20-19-18(16(14)7-13)17(10-21-19)12-3-2-4-12;1-2/h5-12H,2-4H2,1H3,(H,20,21);1-2H3. The molecule has 0 amide bonds. The van der Waals surface area contributed by atoms with Crippen LogP contribution in [0.2, 0.25) is 0 Å². The lowest BCUT2D eigenvalue weighted by atomic mass is 9.79. The van der Waals surface area contributed by atoms with Crippen LogP contribution in [0.3, 0.4) is 0 Å². The average Bonchev–Trinajstić information content (AvgIpc) is 3.22. The number of H-pyrrole nitrogens is 1. The Balaban J connectivity index is 0.000000758. The maximum absolute atomic E-state index is 4.61. The lowest BCUT2D eigenvalue weighted by Gasteiger charge is -2.25. The molecule has 0 saturated heterocycles. The summed E-state index contributed by atoms with van der Waals surface area (Å²) in [5.41, 5.74) is 4.80. The van der Waals surface area contributed by atoms with Crippen LogP contribution in [0.25, 0.3) is 32.9 Å². The highest BCUT2D eigenvalue weighted by Gasteiger charge is 2.23. The summed E-state index contributed by atoms with van der Waals surface area (Å²) in [7, 11) is 1.95. The van der Waals surface area contributed by atoms with Crippen molar-refractivity contribution < 1.29 is 0 Å². The van der Waals surface area contributed by atoms with E-state index in [1.165, 1.54) is 46.5 Å². The van der Waals surface area contributed by atoms with Gasteiger partial charge in [0.15, 0.2) is 0 Å². The zero-order valence-electron chi connectivity index (χ0n) is 15.1. The Morgan fingerprint density at radius 1 is 1.12 bits per heavy atom. The number of nitrogens with zero attached hydrogens (tertiary/aromatic N) is 3. The van der Waals surface area contributed by atoms with Crippen LogP contribution in [0.5, 0.6) is 0 Å². The Morgan fingerprint density at radius 2 is 1.96 bits per heavy atom. The third-order valence-electron chi connectivity index (χ3n) is 5.13. The third kappa shape index (κ3) is 2.62. The maximum atomic E-state index is 4.61. The fourth-order valence-electron chi connectivity index (χ4n) is 3.62. The smallest absolute Gasteiger partial charge is 0.138 e. The van der Waals surface area contributed by atoms with Crippen molar-refractivity contribution in [3.8, 4) is 11.1 Å². The summed E-state index contributed by atoms with van der Waals surface area (Å²) in [6, 6.07) is 6.61. The van der Waals surface area contributed by atoms with Gasteiger partial charge in [0.2, 0.25) is 0 Å². The molecule has 1 aromatic carbocycles. The van der Waals surface area contributed by atoms with Gasteiger partial charge in [-0.1, -0.05) is 32.4 Å². The highest BCUT2D eigenvalue weighted by molar-refractivity contribution is 6.08. The molecular formula is C21H24N4. The van der Waals surface area contributed by atoms with Crippen LogP contribution in [0, 0.1) is 0 Å². The summed E-state index contributed by atoms with van der Waals surface area (Å²) in [5.74, 6) is 0.693. The highest BCUT2D eigenvalue weighted by Crippen LogP contribution is 2.41. The number of aromatic nitrogens is 4. The topological polar surface area (TPSA) is 46.5 Å². The molecule has 4 heteroatoms.